The Labute approximate surface area is 189 Å². The minimum atomic E-state index is -0.173. The molecule has 168 valence electrons. The van der Waals surface area contributed by atoms with Gasteiger partial charge in [-0.15, -0.1) is 0 Å². The summed E-state index contributed by atoms with van der Waals surface area (Å²) in [5.74, 6) is 0.274. The van der Waals surface area contributed by atoms with Crippen LogP contribution in [0.5, 0.6) is 0 Å². The molecular weight excluding hydrogens is 402 g/mol. The average Bonchev–Trinajstić information content (AvgIpc) is 3.41. The zero-order chi connectivity index (χ0) is 22.1. The summed E-state index contributed by atoms with van der Waals surface area (Å²) in [7, 11) is 2.11. The van der Waals surface area contributed by atoms with Gasteiger partial charge in [-0.25, -0.2) is 0 Å². The Balaban J connectivity index is 1.23. The van der Waals surface area contributed by atoms with Gasteiger partial charge in [-0.05, 0) is 50.1 Å². The van der Waals surface area contributed by atoms with Crippen LogP contribution in [-0.4, -0.2) is 71.4 Å². The lowest BCUT2D eigenvalue weighted by Crippen LogP contribution is -2.49. The van der Waals surface area contributed by atoms with E-state index in [1.165, 1.54) is 5.56 Å². The molecule has 0 unspecified atom stereocenters. The molecule has 0 spiro atoms. The molecule has 1 aromatic heterocycles. The van der Waals surface area contributed by atoms with E-state index < -0.39 is 0 Å². The lowest BCUT2D eigenvalue weighted by molar-refractivity contribution is -0.126. The van der Waals surface area contributed by atoms with Crippen molar-refractivity contribution >= 4 is 17.5 Å². The second-order valence-electron chi connectivity index (χ2n) is 9.12. The zero-order valence-electron chi connectivity index (χ0n) is 18.6. The summed E-state index contributed by atoms with van der Waals surface area (Å²) in [6.07, 6.45) is 4.92. The first-order valence-corrected chi connectivity index (χ1v) is 11.6. The number of carbonyl (C=O) groups is 2. The Morgan fingerprint density at radius 1 is 1.16 bits per heavy atom. The van der Waals surface area contributed by atoms with Gasteiger partial charge in [0.1, 0.15) is 6.04 Å². The maximum absolute atomic E-state index is 13.0. The third-order valence-corrected chi connectivity index (χ3v) is 7.32. The molecule has 0 bridgehead atoms. The fraction of sp³-hybridized carbons (Fsp3) is 0.480. The molecule has 3 atom stereocenters. The first kappa shape index (κ1) is 21.1. The highest BCUT2D eigenvalue weighted by Crippen LogP contribution is 2.30. The molecule has 0 radical (unpaired) electrons. The Kier molecular flexibility index (Phi) is 5.93. The highest BCUT2D eigenvalue weighted by Gasteiger charge is 2.45. The minimum Gasteiger partial charge on any atom is -0.353 e. The zero-order valence-corrected chi connectivity index (χ0v) is 18.6. The predicted molar refractivity (Wildman–Crippen MR) is 123 cm³/mol. The Morgan fingerprint density at radius 2 is 2.00 bits per heavy atom. The second kappa shape index (κ2) is 9.00. The van der Waals surface area contributed by atoms with Crippen LogP contribution in [0, 0.1) is 0 Å². The van der Waals surface area contributed by atoms with Gasteiger partial charge in [0.2, 0.25) is 11.8 Å². The highest BCUT2D eigenvalue weighted by molar-refractivity contribution is 5.95. The number of carbonyl (C=O) groups excluding carboxylic acids is 2. The van der Waals surface area contributed by atoms with Crippen molar-refractivity contribution in [3.63, 3.8) is 0 Å². The Bertz CT molecular complexity index is 981. The van der Waals surface area contributed by atoms with E-state index in [1.54, 1.807) is 6.20 Å². The molecule has 5 rings (SSSR count). The van der Waals surface area contributed by atoms with Crippen LogP contribution in [0.4, 0.5) is 5.69 Å². The molecular formula is C25H31N5O2. The fourth-order valence-corrected chi connectivity index (χ4v) is 5.55. The van der Waals surface area contributed by atoms with Gasteiger partial charge in [0.25, 0.3) is 0 Å². The lowest BCUT2D eigenvalue weighted by atomic mass is 10.0. The molecule has 1 aromatic carbocycles. The number of para-hydroxylation sites is 1. The highest BCUT2D eigenvalue weighted by atomic mass is 16.2. The van der Waals surface area contributed by atoms with Crippen LogP contribution in [0.1, 0.15) is 30.5 Å². The summed E-state index contributed by atoms with van der Waals surface area (Å²) in [5, 5.41) is 3.15. The number of nitrogens with zero attached hydrogens (tertiary/aromatic N) is 4. The molecule has 3 aliphatic rings. The molecule has 1 N–H and O–H groups in total. The van der Waals surface area contributed by atoms with Crippen molar-refractivity contribution in [2.24, 2.45) is 0 Å². The monoisotopic (exact) mass is 433 g/mol. The average molecular weight is 434 g/mol. The summed E-state index contributed by atoms with van der Waals surface area (Å²) >= 11 is 0. The van der Waals surface area contributed by atoms with Gasteiger partial charge in [0.15, 0.2) is 0 Å². The van der Waals surface area contributed by atoms with Gasteiger partial charge < -0.3 is 10.2 Å². The van der Waals surface area contributed by atoms with Crippen molar-refractivity contribution in [1.82, 2.24) is 20.1 Å². The van der Waals surface area contributed by atoms with Gasteiger partial charge in [0, 0.05) is 56.6 Å². The molecule has 2 fully saturated rings. The molecule has 0 saturated carbocycles. The van der Waals surface area contributed by atoms with Crippen LogP contribution < -0.4 is 10.2 Å². The fourth-order valence-electron chi connectivity index (χ4n) is 5.55. The normalized spacial score (nSPS) is 25.8. The third-order valence-electron chi connectivity index (χ3n) is 7.32. The van der Waals surface area contributed by atoms with Crippen LogP contribution in [0.3, 0.4) is 0 Å². The standard InChI is InChI=1S/C25H31N5O2/c1-28-20(9-10-23(31)30-15-11-18-6-2-3-8-21(18)30)16-27-25(32)24-22(28)12-14-29(24)17-19-7-4-5-13-26-19/h2-8,13,20,22,24H,9-12,14-17H2,1H3,(H,27,32)/t20-,22-,24-/m0/s1. The summed E-state index contributed by atoms with van der Waals surface area (Å²) in [5.41, 5.74) is 3.29. The van der Waals surface area contributed by atoms with Crippen molar-refractivity contribution in [3.05, 3.63) is 59.9 Å². The van der Waals surface area contributed by atoms with E-state index in [-0.39, 0.29) is 29.9 Å². The van der Waals surface area contributed by atoms with E-state index in [9.17, 15) is 9.59 Å². The van der Waals surface area contributed by atoms with E-state index >= 15 is 0 Å². The number of benzene rings is 1. The van der Waals surface area contributed by atoms with Gasteiger partial charge in [-0.2, -0.15) is 0 Å². The molecule has 32 heavy (non-hydrogen) atoms. The number of nitrogens with one attached hydrogen (secondary N) is 1. The number of amides is 2. The van der Waals surface area contributed by atoms with Crippen molar-refractivity contribution in [2.45, 2.75) is 50.4 Å². The topological polar surface area (TPSA) is 68.8 Å². The smallest absolute Gasteiger partial charge is 0.239 e. The molecule has 7 heteroatoms. The molecule has 2 saturated heterocycles. The quantitative estimate of drug-likeness (QED) is 0.779. The summed E-state index contributed by atoms with van der Waals surface area (Å²) in [4.78, 5) is 36.9. The van der Waals surface area contributed by atoms with E-state index in [2.05, 4.69) is 33.2 Å². The van der Waals surface area contributed by atoms with E-state index in [0.717, 1.165) is 43.7 Å². The number of rotatable bonds is 5. The van der Waals surface area contributed by atoms with Crippen molar-refractivity contribution in [2.75, 3.05) is 31.6 Å². The van der Waals surface area contributed by atoms with Gasteiger partial charge >= 0.3 is 0 Å². The molecule has 2 amide bonds. The lowest BCUT2D eigenvalue weighted by Gasteiger charge is -2.33. The van der Waals surface area contributed by atoms with Crippen molar-refractivity contribution in [1.29, 1.82) is 0 Å². The van der Waals surface area contributed by atoms with Gasteiger partial charge in [-0.3, -0.25) is 24.4 Å². The Morgan fingerprint density at radius 3 is 2.84 bits per heavy atom. The minimum absolute atomic E-state index is 0.0950. The maximum Gasteiger partial charge on any atom is 0.239 e. The van der Waals surface area contributed by atoms with Crippen molar-refractivity contribution in [3.8, 4) is 0 Å². The van der Waals surface area contributed by atoms with E-state index in [1.807, 2.05) is 41.3 Å². The van der Waals surface area contributed by atoms with Crippen LogP contribution >= 0.6 is 0 Å². The third kappa shape index (κ3) is 4.02. The molecule has 3 aliphatic heterocycles. The largest absolute Gasteiger partial charge is 0.353 e. The number of hydrogen-bond acceptors (Lipinski definition) is 5. The first-order valence-electron chi connectivity index (χ1n) is 11.6. The van der Waals surface area contributed by atoms with Crippen LogP contribution in [0.25, 0.3) is 0 Å². The number of likely N-dealkylation sites (tertiary alicyclic amines) is 1. The van der Waals surface area contributed by atoms with Gasteiger partial charge in [-0.1, -0.05) is 24.3 Å². The molecule has 2 aromatic rings. The number of aromatic nitrogens is 1. The molecule has 4 heterocycles. The second-order valence-corrected chi connectivity index (χ2v) is 9.12. The van der Waals surface area contributed by atoms with E-state index in [0.29, 0.717) is 19.5 Å². The number of pyridine rings is 1. The predicted octanol–water partition coefficient (Wildman–Crippen LogP) is 1.82. The molecule has 7 nitrogen and oxygen atoms in total. The number of likely N-dealkylation sites (N-methyl/N-ethyl adjacent to an activating group) is 1. The van der Waals surface area contributed by atoms with Gasteiger partial charge in [0.05, 0.1) is 5.69 Å². The number of hydrogen-bond donors (Lipinski definition) is 1. The van der Waals surface area contributed by atoms with Crippen molar-refractivity contribution < 1.29 is 9.59 Å². The van der Waals surface area contributed by atoms with Crippen LogP contribution in [-0.2, 0) is 22.6 Å². The maximum atomic E-state index is 13.0. The first-order chi connectivity index (χ1) is 15.6. The Hall–Kier alpha value is -2.77. The number of fused-ring (bicyclic) bond motifs is 2. The van der Waals surface area contributed by atoms with Crippen LogP contribution in [0.15, 0.2) is 48.7 Å². The summed E-state index contributed by atoms with van der Waals surface area (Å²) in [6.45, 7) is 2.91. The SMILES string of the molecule is CN1[C@@H](CCC(=O)N2CCc3ccccc32)CNC(=O)[C@@H]2[C@@H]1CCN2Cc1ccccn1. The summed E-state index contributed by atoms with van der Waals surface area (Å²) in [6, 6.07) is 14.2. The summed E-state index contributed by atoms with van der Waals surface area (Å²) < 4.78 is 0. The van der Waals surface area contributed by atoms with E-state index in [4.69, 9.17) is 0 Å². The number of anilines is 1. The van der Waals surface area contributed by atoms with Crippen LogP contribution in [0.2, 0.25) is 0 Å². The molecule has 0 aliphatic carbocycles.